The Morgan fingerprint density at radius 3 is 2.90 bits per heavy atom. The average molecular weight is 409 g/mol. The first kappa shape index (κ1) is 16.6. The van der Waals surface area contributed by atoms with E-state index >= 15 is 0 Å². The minimum atomic E-state index is -0.663. The molecule has 0 bridgehead atoms. The van der Waals surface area contributed by atoms with Gasteiger partial charge in [-0.3, -0.25) is 4.79 Å². The second kappa shape index (κ2) is 7.49. The molecule has 2 aromatic rings. The monoisotopic (exact) mass is 407 g/mol. The zero-order valence-corrected chi connectivity index (χ0v) is 14.9. The summed E-state index contributed by atoms with van der Waals surface area (Å²) in [4.78, 5) is 13.1. The van der Waals surface area contributed by atoms with Gasteiger partial charge in [-0.25, -0.2) is 0 Å². The van der Waals surface area contributed by atoms with Crippen molar-refractivity contribution in [2.45, 2.75) is 19.6 Å². The predicted molar refractivity (Wildman–Crippen MR) is 90.4 cm³/mol. The normalized spacial score (nSPS) is 12.0. The fraction of sp³-hybridized carbons (Fsp3) is 0.214. The number of carbonyl (C=O) groups is 1. The zero-order chi connectivity index (χ0) is 15.4. The fourth-order valence-corrected chi connectivity index (χ4v) is 3.31. The fourth-order valence-electron chi connectivity index (χ4n) is 1.58. The Morgan fingerprint density at radius 2 is 2.24 bits per heavy atom. The number of thiophene rings is 1. The summed E-state index contributed by atoms with van der Waals surface area (Å²) >= 11 is 16.9. The van der Waals surface area contributed by atoms with Gasteiger partial charge in [0.2, 0.25) is 0 Å². The second-order valence-corrected chi connectivity index (χ2v) is 6.96. The molecule has 3 nitrogen and oxygen atoms in total. The first-order valence-electron chi connectivity index (χ1n) is 6.08. The molecule has 0 aliphatic rings. The van der Waals surface area contributed by atoms with E-state index in [0.717, 1.165) is 9.35 Å². The first-order valence-corrected chi connectivity index (χ1v) is 8.51. The van der Waals surface area contributed by atoms with Crippen molar-refractivity contribution in [2.75, 3.05) is 0 Å². The molecular weight excluding hydrogens is 397 g/mol. The lowest BCUT2D eigenvalue weighted by atomic mass is 10.3. The maximum absolute atomic E-state index is 12.0. The molecule has 0 saturated heterocycles. The summed E-state index contributed by atoms with van der Waals surface area (Å²) in [7, 11) is 0. The predicted octanol–water partition coefficient (Wildman–Crippen LogP) is 4.90. The van der Waals surface area contributed by atoms with Crippen LogP contribution >= 0.6 is 50.5 Å². The molecule has 0 radical (unpaired) electrons. The van der Waals surface area contributed by atoms with Crippen LogP contribution in [0.15, 0.2) is 34.1 Å². The summed E-state index contributed by atoms with van der Waals surface area (Å²) in [5, 5.41) is 5.48. The molecule has 1 aromatic carbocycles. The molecule has 112 valence electrons. The van der Waals surface area contributed by atoms with Crippen molar-refractivity contribution in [3.63, 3.8) is 0 Å². The van der Waals surface area contributed by atoms with Gasteiger partial charge in [0.25, 0.3) is 5.91 Å². The number of rotatable bonds is 5. The third kappa shape index (κ3) is 4.61. The minimum absolute atomic E-state index is 0.212. The maximum atomic E-state index is 12.0. The van der Waals surface area contributed by atoms with Gasteiger partial charge < -0.3 is 10.1 Å². The summed E-state index contributed by atoms with van der Waals surface area (Å²) in [6.45, 7) is 2.13. The van der Waals surface area contributed by atoms with Crippen LogP contribution in [0.4, 0.5) is 0 Å². The first-order chi connectivity index (χ1) is 9.97. The van der Waals surface area contributed by atoms with E-state index in [9.17, 15) is 4.79 Å². The number of ether oxygens (including phenoxy) is 1. The molecule has 1 aromatic heterocycles. The molecule has 7 heteroatoms. The molecule has 1 atom stereocenters. The van der Waals surface area contributed by atoms with Crippen molar-refractivity contribution in [1.82, 2.24) is 5.32 Å². The van der Waals surface area contributed by atoms with E-state index in [-0.39, 0.29) is 5.91 Å². The highest BCUT2D eigenvalue weighted by molar-refractivity contribution is 9.10. The highest BCUT2D eigenvalue weighted by Crippen LogP contribution is 2.32. The van der Waals surface area contributed by atoms with Crippen LogP contribution in [0.3, 0.4) is 0 Å². The largest absolute Gasteiger partial charge is 0.479 e. The van der Waals surface area contributed by atoms with E-state index in [0.29, 0.717) is 22.3 Å². The number of hydrogen-bond donors (Lipinski definition) is 1. The topological polar surface area (TPSA) is 38.3 Å². The van der Waals surface area contributed by atoms with E-state index in [4.69, 9.17) is 27.9 Å². The molecule has 1 unspecified atom stereocenters. The number of nitrogens with one attached hydrogen (secondary N) is 1. The summed E-state index contributed by atoms with van der Waals surface area (Å²) in [5.74, 6) is 0.182. The van der Waals surface area contributed by atoms with Crippen molar-refractivity contribution in [3.8, 4) is 5.75 Å². The Labute approximate surface area is 145 Å². The smallest absolute Gasteiger partial charge is 0.261 e. The molecule has 2 rings (SSSR count). The van der Waals surface area contributed by atoms with Crippen molar-refractivity contribution in [1.29, 1.82) is 0 Å². The van der Waals surface area contributed by atoms with Crippen molar-refractivity contribution >= 4 is 56.4 Å². The van der Waals surface area contributed by atoms with Crippen molar-refractivity contribution in [2.24, 2.45) is 0 Å². The Bertz CT molecular complexity index is 648. The summed E-state index contributed by atoms with van der Waals surface area (Å²) in [6, 6.07) is 7.02. The maximum Gasteiger partial charge on any atom is 0.261 e. The van der Waals surface area contributed by atoms with Gasteiger partial charge in [0, 0.05) is 14.7 Å². The molecule has 1 amide bonds. The van der Waals surface area contributed by atoms with Gasteiger partial charge in [-0.2, -0.15) is 0 Å². The van der Waals surface area contributed by atoms with Gasteiger partial charge in [-0.15, -0.1) is 11.3 Å². The van der Waals surface area contributed by atoms with Crippen molar-refractivity contribution in [3.05, 3.63) is 49.0 Å². The highest BCUT2D eigenvalue weighted by Gasteiger charge is 2.16. The molecule has 0 aliphatic carbocycles. The number of hydrogen-bond acceptors (Lipinski definition) is 3. The van der Waals surface area contributed by atoms with Crippen LogP contribution in [0.5, 0.6) is 5.75 Å². The molecule has 0 fully saturated rings. The standard InChI is InChI=1S/C14H12BrCl2NO2S/c1-8(20-12-4-2-3-11(16)13(12)17)14(19)18-6-10-5-9(15)7-21-10/h2-5,7-8H,6H2,1H3,(H,18,19). The number of halogens is 3. The van der Waals surface area contributed by atoms with Crippen molar-refractivity contribution < 1.29 is 9.53 Å². The quantitative estimate of drug-likeness (QED) is 0.763. The highest BCUT2D eigenvalue weighted by atomic mass is 79.9. The van der Waals surface area contributed by atoms with Gasteiger partial charge in [0.05, 0.1) is 11.6 Å². The van der Waals surface area contributed by atoms with Crippen LogP contribution in [0.2, 0.25) is 10.0 Å². The van der Waals surface area contributed by atoms with Gasteiger partial charge in [0.15, 0.2) is 6.10 Å². The van der Waals surface area contributed by atoms with E-state index in [1.54, 1.807) is 36.5 Å². The number of benzene rings is 1. The molecule has 21 heavy (non-hydrogen) atoms. The molecule has 1 heterocycles. The van der Waals surface area contributed by atoms with E-state index in [1.165, 1.54) is 0 Å². The van der Waals surface area contributed by atoms with Crippen LogP contribution < -0.4 is 10.1 Å². The van der Waals surface area contributed by atoms with Gasteiger partial charge in [-0.1, -0.05) is 29.3 Å². The third-order valence-corrected chi connectivity index (χ3v) is 5.15. The van der Waals surface area contributed by atoms with Gasteiger partial charge in [0.1, 0.15) is 10.8 Å². The van der Waals surface area contributed by atoms with E-state index in [2.05, 4.69) is 21.2 Å². The van der Waals surface area contributed by atoms with Crippen LogP contribution in [0, 0.1) is 0 Å². The number of amides is 1. The number of carbonyl (C=O) groups excluding carboxylic acids is 1. The second-order valence-electron chi connectivity index (χ2n) is 4.26. The molecular formula is C14H12BrCl2NO2S. The summed E-state index contributed by atoms with van der Waals surface area (Å²) in [6.07, 6.45) is -0.663. The lowest BCUT2D eigenvalue weighted by molar-refractivity contribution is -0.127. The third-order valence-electron chi connectivity index (χ3n) is 2.65. The summed E-state index contributed by atoms with van der Waals surface area (Å²) < 4.78 is 6.55. The molecule has 0 saturated carbocycles. The van der Waals surface area contributed by atoms with Gasteiger partial charge in [-0.05, 0) is 41.1 Å². The summed E-state index contributed by atoms with van der Waals surface area (Å²) in [5.41, 5.74) is 0. The Hall–Kier alpha value is -0.750. The molecule has 1 N–H and O–H groups in total. The van der Waals surface area contributed by atoms with E-state index < -0.39 is 6.10 Å². The Balaban J connectivity index is 1.92. The Kier molecular flexibility index (Phi) is 5.93. The molecule has 0 aliphatic heterocycles. The van der Waals surface area contributed by atoms with E-state index in [1.807, 2.05) is 11.4 Å². The Morgan fingerprint density at radius 1 is 1.48 bits per heavy atom. The van der Waals surface area contributed by atoms with Crippen LogP contribution in [0.25, 0.3) is 0 Å². The molecule has 0 spiro atoms. The average Bonchev–Trinajstić information content (AvgIpc) is 2.87. The SMILES string of the molecule is CC(Oc1cccc(Cl)c1Cl)C(=O)NCc1cc(Br)cs1. The lowest BCUT2D eigenvalue weighted by Crippen LogP contribution is -2.35. The van der Waals surface area contributed by atoms with Crippen LogP contribution in [-0.4, -0.2) is 12.0 Å². The zero-order valence-electron chi connectivity index (χ0n) is 11.0. The minimum Gasteiger partial charge on any atom is -0.479 e. The lowest BCUT2D eigenvalue weighted by Gasteiger charge is -2.15. The van der Waals surface area contributed by atoms with Gasteiger partial charge >= 0.3 is 0 Å². The van der Waals surface area contributed by atoms with Crippen LogP contribution in [0.1, 0.15) is 11.8 Å². The van der Waals surface area contributed by atoms with Crippen LogP contribution in [-0.2, 0) is 11.3 Å².